The third-order valence-corrected chi connectivity index (χ3v) is 1.48. The van der Waals surface area contributed by atoms with Crippen molar-refractivity contribution in [2.45, 2.75) is 6.82 Å². The molecular weight excluding hydrogens is 149 g/mol. The van der Waals surface area contributed by atoms with E-state index in [1.54, 1.807) is 6.82 Å². The summed E-state index contributed by atoms with van der Waals surface area (Å²) >= 11 is 0. The molecular formula is C7H7BF2O. The van der Waals surface area contributed by atoms with Crippen molar-refractivity contribution in [2.24, 2.45) is 0 Å². The van der Waals surface area contributed by atoms with Gasteiger partial charge in [-0.2, -0.15) is 0 Å². The first kappa shape index (κ1) is 8.05. The maximum absolute atomic E-state index is 12.5. The SMILES string of the molecule is CBc1cc(F)c(O)c(F)c1. The number of phenolic OH excluding ortho intramolecular Hbond substituents is 1. The number of hydrogen-bond donors (Lipinski definition) is 1. The molecule has 0 aromatic heterocycles. The standard InChI is InChI=1S/C7H7BF2O/c1-8-4-2-5(9)7(11)6(10)3-4/h2-3,8,11H,1H3. The topological polar surface area (TPSA) is 20.2 Å². The van der Waals surface area contributed by atoms with E-state index in [1.807, 2.05) is 0 Å². The molecule has 1 aromatic carbocycles. The predicted octanol–water partition coefficient (Wildman–Crippen LogP) is 0.780. The Morgan fingerprint density at radius 3 is 2.09 bits per heavy atom. The molecule has 11 heavy (non-hydrogen) atoms. The molecule has 0 saturated heterocycles. The van der Waals surface area contributed by atoms with E-state index in [-0.39, 0.29) is 0 Å². The molecule has 1 aromatic rings. The summed E-state index contributed by atoms with van der Waals surface area (Å²) in [5.74, 6) is -2.70. The summed E-state index contributed by atoms with van der Waals surface area (Å²) in [4.78, 5) is 0. The molecule has 0 amide bonds. The number of phenols is 1. The first-order chi connectivity index (χ1) is 5.15. The number of halogens is 2. The van der Waals surface area contributed by atoms with E-state index in [2.05, 4.69) is 0 Å². The third kappa shape index (κ3) is 1.50. The van der Waals surface area contributed by atoms with Gasteiger partial charge in [-0.3, -0.25) is 0 Å². The molecule has 1 nitrogen and oxygen atoms in total. The Balaban J connectivity index is 3.21. The van der Waals surface area contributed by atoms with Crippen LogP contribution in [-0.2, 0) is 0 Å². The lowest BCUT2D eigenvalue weighted by Crippen LogP contribution is -2.11. The molecule has 4 heteroatoms. The molecule has 58 valence electrons. The average Bonchev–Trinajstić information content (AvgIpc) is 1.99. The Hall–Kier alpha value is -1.06. The quantitative estimate of drug-likeness (QED) is 0.595. The van der Waals surface area contributed by atoms with Gasteiger partial charge >= 0.3 is 0 Å². The Labute approximate surface area is 63.9 Å². The van der Waals surface area contributed by atoms with Gasteiger partial charge in [-0.1, -0.05) is 12.3 Å². The lowest BCUT2D eigenvalue weighted by atomic mass is 9.73. The molecule has 1 rings (SSSR count). The lowest BCUT2D eigenvalue weighted by molar-refractivity contribution is 0.397. The molecule has 1 N–H and O–H groups in total. The maximum atomic E-state index is 12.5. The Morgan fingerprint density at radius 2 is 1.73 bits per heavy atom. The summed E-state index contributed by atoms with van der Waals surface area (Å²) in [7, 11) is 0.550. The van der Waals surface area contributed by atoms with Gasteiger partial charge in [0, 0.05) is 0 Å². The second-order valence-electron chi connectivity index (χ2n) is 2.26. The number of benzene rings is 1. The monoisotopic (exact) mass is 156 g/mol. The van der Waals surface area contributed by atoms with Crippen LogP contribution in [0.3, 0.4) is 0 Å². The van der Waals surface area contributed by atoms with Gasteiger partial charge < -0.3 is 5.11 Å². The average molecular weight is 156 g/mol. The summed E-state index contributed by atoms with van der Waals surface area (Å²) in [6.45, 7) is 1.78. The summed E-state index contributed by atoms with van der Waals surface area (Å²) in [6.07, 6.45) is 0. The molecule has 0 fully saturated rings. The van der Waals surface area contributed by atoms with Crippen LogP contribution in [0.2, 0.25) is 6.82 Å². The zero-order chi connectivity index (χ0) is 8.43. The van der Waals surface area contributed by atoms with Gasteiger partial charge in [-0.25, -0.2) is 8.78 Å². The van der Waals surface area contributed by atoms with E-state index in [9.17, 15) is 8.78 Å². The van der Waals surface area contributed by atoms with E-state index in [1.165, 1.54) is 0 Å². The maximum Gasteiger partial charge on any atom is 0.187 e. The predicted molar refractivity (Wildman–Crippen MR) is 40.7 cm³/mol. The summed E-state index contributed by atoms with van der Waals surface area (Å²) in [5.41, 5.74) is 0.540. The smallest absolute Gasteiger partial charge is 0.187 e. The Kier molecular flexibility index (Phi) is 2.12. The van der Waals surface area contributed by atoms with Crippen molar-refractivity contribution in [3.05, 3.63) is 23.8 Å². The highest BCUT2D eigenvalue weighted by molar-refractivity contribution is 6.51. The first-order valence-corrected chi connectivity index (χ1v) is 3.32. The second kappa shape index (κ2) is 2.90. The van der Waals surface area contributed by atoms with Gasteiger partial charge in [-0.15, -0.1) is 0 Å². The van der Waals surface area contributed by atoms with Gasteiger partial charge in [-0.05, 0) is 12.1 Å². The van der Waals surface area contributed by atoms with E-state index in [0.717, 1.165) is 12.1 Å². The normalized spacial score (nSPS) is 9.73. The second-order valence-corrected chi connectivity index (χ2v) is 2.26. The highest BCUT2D eigenvalue weighted by atomic mass is 19.1. The van der Waals surface area contributed by atoms with Crippen LogP contribution in [0.4, 0.5) is 8.78 Å². The molecule has 0 heterocycles. The fourth-order valence-corrected chi connectivity index (χ4v) is 0.822. The number of hydrogen-bond acceptors (Lipinski definition) is 1. The van der Waals surface area contributed by atoms with E-state index < -0.39 is 17.4 Å². The zero-order valence-corrected chi connectivity index (χ0v) is 6.06. The molecule has 0 aliphatic heterocycles. The van der Waals surface area contributed by atoms with Crippen molar-refractivity contribution in [1.82, 2.24) is 0 Å². The van der Waals surface area contributed by atoms with Crippen LogP contribution < -0.4 is 5.46 Å². The highest BCUT2D eigenvalue weighted by Gasteiger charge is 2.07. The summed E-state index contributed by atoms with van der Waals surface area (Å²) < 4.78 is 25.1. The summed E-state index contributed by atoms with van der Waals surface area (Å²) in [5, 5.41) is 8.68. The molecule has 0 aliphatic rings. The van der Waals surface area contributed by atoms with Crippen molar-refractivity contribution < 1.29 is 13.9 Å². The van der Waals surface area contributed by atoms with E-state index >= 15 is 0 Å². The number of aromatic hydroxyl groups is 1. The van der Waals surface area contributed by atoms with Crippen molar-refractivity contribution in [3.8, 4) is 5.75 Å². The van der Waals surface area contributed by atoms with Crippen LogP contribution in [0, 0.1) is 11.6 Å². The Morgan fingerprint density at radius 1 is 1.27 bits per heavy atom. The molecule has 0 aliphatic carbocycles. The van der Waals surface area contributed by atoms with E-state index in [4.69, 9.17) is 5.11 Å². The zero-order valence-electron chi connectivity index (χ0n) is 6.06. The van der Waals surface area contributed by atoms with Crippen molar-refractivity contribution in [2.75, 3.05) is 0 Å². The minimum Gasteiger partial charge on any atom is -0.503 e. The largest absolute Gasteiger partial charge is 0.503 e. The third-order valence-electron chi connectivity index (χ3n) is 1.48. The first-order valence-electron chi connectivity index (χ1n) is 3.32. The van der Waals surface area contributed by atoms with Crippen LogP contribution >= 0.6 is 0 Å². The van der Waals surface area contributed by atoms with Crippen molar-refractivity contribution in [1.29, 1.82) is 0 Å². The van der Waals surface area contributed by atoms with Gasteiger partial charge in [0.05, 0.1) is 0 Å². The fraction of sp³-hybridized carbons (Fsp3) is 0.143. The molecule has 0 radical (unpaired) electrons. The van der Waals surface area contributed by atoms with Crippen LogP contribution in [0.15, 0.2) is 12.1 Å². The fourth-order valence-electron chi connectivity index (χ4n) is 0.822. The van der Waals surface area contributed by atoms with Gasteiger partial charge in [0.2, 0.25) is 0 Å². The van der Waals surface area contributed by atoms with Crippen LogP contribution in [-0.4, -0.2) is 12.4 Å². The lowest BCUT2D eigenvalue weighted by Gasteiger charge is -1.99. The molecule has 0 atom stereocenters. The Bertz CT molecular complexity index is 252. The van der Waals surface area contributed by atoms with Gasteiger partial charge in [0.25, 0.3) is 0 Å². The van der Waals surface area contributed by atoms with Crippen LogP contribution in [0.25, 0.3) is 0 Å². The molecule has 0 saturated carbocycles. The summed E-state index contributed by atoms with van der Waals surface area (Å²) in [6, 6.07) is 2.25. The van der Waals surface area contributed by atoms with E-state index in [0.29, 0.717) is 12.7 Å². The van der Waals surface area contributed by atoms with Gasteiger partial charge in [0.15, 0.2) is 24.7 Å². The van der Waals surface area contributed by atoms with Gasteiger partial charge in [0.1, 0.15) is 0 Å². The highest BCUT2D eigenvalue weighted by Crippen LogP contribution is 2.16. The molecule has 0 unspecified atom stereocenters. The van der Waals surface area contributed by atoms with Crippen LogP contribution in [0.5, 0.6) is 5.75 Å². The van der Waals surface area contributed by atoms with Crippen LogP contribution in [0.1, 0.15) is 0 Å². The van der Waals surface area contributed by atoms with Crippen molar-refractivity contribution >= 4 is 12.7 Å². The minimum absolute atomic E-state index is 0.540. The van der Waals surface area contributed by atoms with Crippen molar-refractivity contribution in [3.63, 3.8) is 0 Å². The minimum atomic E-state index is -0.901. The molecule has 0 spiro atoms. The molecule has 0 bridgehead atoms. The number of rotatable bonds is 1.